The summed E-state index contributed by atoms with van der Waals surface area (Å²) in [5, 5.41) is 9.02. The number of aliphatic carboxylic acids is 1. The molecule has 0 saturated carbocycles. The van der Waals surface area contributed by atoms with Crippen LogP contribution in [0.25, 0.3) is 0 Å². The van der Waals surface area contributed by atoms with Crippen LogP contribution in [-0.2, 0) is 14.8 Å². The minimum Gasteiger partial charge on any atom is -0.480 e. The maximum Gasteiger partial charge on any atom is 0.321 e. The molecule has 112 valence electrons. The Morgan fingerprint density at radius 2 is 2.05 bits per heavy atom. The zero-order valence-electron chi connectivity index (χ0n) is 10.8. The molecule has 0 bridgehead atoms. The summed E-state index contributed by atoms with van der Waals surface area (Å²) in [6, 6.07) is 2.98. The Hall–Kier alpha value is -0.820. The molecule has 0 amide bonds. The van der Waals surface area contributed by atoms with Crippen molar-refractivity contribution in [3.63, 3.8) is 0 Å². The van der Waals surface area contributed by atoms with Gasteiger partial charge in [0, 0.05) is 0 Å². The summed E-state index contributed by atoms with van der Waals surface area (Å²) < 4.78 is 26.5. The molecule has 0 aromatic heterocycles. The summed E-state index contributed by atoms with van der Waals surface area (Å²) in [6.45, 7) is 1.89. The molecule has 8 heteroatoms. The van der Waals surface area contributed by atoms with E-state index in [0.29, 0.717) is 6.42 Å². The van der Waals surface area contributed by atoms with Crippen molar-refractivity contribution in [2.24, 2.45) is 0 Å². The van der Waals surface area contributed by atoms with Gasteiger partial charge in [0.15, 0.2) is 0 Å². The van der Waals surface area contributed by atoms with E-state index in [2.05, 4.69) is 4.72 Å². The summed E-state index contributed by atoms with van der Waals surface area (Å²) >= 11 is 11.6. The lowest BCUT2D eigenvalue weighted by Crippen LogP contribution is -2.40. The average molecular weight is 340 g/mol. The third kappa shape index (κ3) is 4.34. The first-order valence-corrected chi connectivity index (χ1v) is 8.22. The van der Waals surface area contributed by atoms with Crippen LogP contribution in [0, 0.1) is 0 Å². The number of carboxylic acid groups (broad SMARTS) is 1. The van der Waals surface area contributed by atoms with E-state index in [-0.39, 0.29) is 21.4 Å². The van der Waals surface area contributed by atoms with E-state index in [9.17, 15) is 13.2 Å². The van der Waals surface area contributed by atoms with Crippen LogP contribution in [0.1, 0.15) is 26.2 Å². The molecule has 2 N–H and O–H groups in total. The Kier molecular flexibility index (Phi) is 6.26. The molecule has 20 heavy (non-hydrogen) atoms. The van der Waals surface area contributed by atoms with Crippen molar-refractivity contribution in [2.75, 3.05) is 0 Å². The SMILES string of the molecule is CCCC[C@H](NS(=O)(=O)c1cccc(Cl)c1Cl)C(=O)O. The van der Waals surface area contributed by atoms with Crippen LogP contribution in [-0.4, -0.2) is 25.5 Å². The molecule has 1 aromatic carbocycles. The maximum atomic E-state index is 12.2. The predicted octanol–water partition coefficient (Wildman–Crippen LogP) is 2.92. The highest BCUT2D eigenvalue weighted by Gasteiger charge is 2.27. The van der Waals surface area contributed by atoms with Crippen molar-refractivity contribution in [3.8, 4) is 0 Å². The number of hydrogen-bond donors (Lipinski definition) is 2. The smallest absolute Gasteiger partial charge is 0.321 e. The van der Waals surface area contributed by atoms with Crippen LogP contribution in [0.4, 0.5) is 0 Å². The highest BCUT2D eigenvalue weighted by atomic mass is 35.5. The van der Waals surface area contributed by atoms with Gasteiger partial charge in [-0.15, -0.1) is 0 Å². The maximum absolute atomic E-state index is 12.2. The fourth-order valence-corrected chi connectivity index (χ4v) is 3.57. The van der Waals surface area contributed by atoms with Crippen molar-refractivity contribution >= 4 is 39.2 Å². The van der Waals surface area contributed by atoms with Crippen LogP contribution in [0.5, 0.6) is 0 Å². The number of carbonyl (C=O) groups is 1. The molecule has 0 aliphatic heterocycles. The van der Waals surface area contributed by atoms with Gasteiger partial charge in [-0.1, -0.05) is 49.0 Å². The monoisotopic (exact) mass is 339 g/mol. The molecule has 0 aliphatic carbocycles. The standard InChI is InChI=1S/C12H15Cl2NO4S/c1-2-3-6-9(12(16)17)15-20(18,19)10-7-4-5-8(13)11(10)14/h4-5,7,9,15H,2-3,6H2,1H3,(H,16,17)/t9-/m0/s1. The number of nitrogens with one attached hydrogen (secondary N) is 1. The number of sulfonamides is 1. The van der Waals surface area contributed by atoms with Gasteiger partial charge in [0.25, 0.3) is 0 Å². The van der Waals surface area contributed by atoms with Gasteiger partial charge in [-0.3, -0.25) is 4.79 Å². The summed E-state index contributed by atoms with van der Waals surface area (Å²) in [4.78, 5) is 10.9. The number of benzene rings is 1. The zero-order valence-corrected chi connectivity index (χ0v) is 13.1. The summed E-state index contributed by atoms with van der Waals surface area (Å²) in [5.74, 6) is -1.22. The van der Waals surface area contributed by atoms with E-state index < -0.39 is 22.0 Å². The van der Waals surface area contributed by atoms with Crippen LogP contribution in [0.2, 0.25) is 10.0 Å². The average Bonchev–Trinajstić information content (AvgIpc) is 2.37. The van der Waals surface area contributed by atoms with Crippen molar-refractivity contribution in [2.45, 2.75) is 37.1 Å². The highest BCUT2D eigenvalue weighted by Crippen LogP contribution is 2.29. The van der Waals surface area contributed by atoms with Crippen LogP contribution < -0.4 is 4.72 Å². The van der Waals surface area contributed by atoms with E-state index in [0.717, 1.165) is 6.42 Å². The molecule has 5 nitrogen and oxygen atoms in total. The summed E-state index contributed by atoms with van der Waals surface area (Å²) in [7, 11) is -4.04. The minimum atomic E-state index is -4.04. The molecule has 1 rings (SSSR count). The second kappa shape index (κ2) is 7.26. The zero-order chi connectivity index (χ0) is 15.3. The van der Waals surface area contributed by atoms with Gasteiger partial charge >= 0.3 is 5.97 Å². The van der Waals surface area contributed by atoms with Crippen molar-refractivity contribution < 1.29 is 18.3 Å². The minimum absolute atomic E-state index is 0.0926. The van der Waals surface area contributed by atoms with E-state index in [4.69, 9.17) is 28.3 Å². The Bertz CT molecular complexity index is 589. The van der Waals surface area contributed by atoms with Gasteiger partial charge in [0.05, 0.1) is 10.0 Å². The fourth-order valence-electron chi connectivity index (χ4n) is 1.58. The summed E-state index contributed by atoms with van der Waals surface area (Å²) in [5.41, 5.74) is 0. The molecular weight excluding hydrogens is 325 g/mol. The number of hydrogen-bond acceptors (Lipinski definition) is 3. The first-order valence-electron chi connectivity index (χ1n) is 5.98. The first-order chi connectivity index (χ1) is 9.29. The molecule has 0 spiro atoms. The molecule has 0 heterocycles. The lowest BCUT2D eigenvalue weighted by Gasteiger charge is -2.15. The van der Waals surface area contributed by atoms with Gasteiger partial charge in [0.2, 0.25) is 10.0 Å². The third-order valence-electron chi connectivity index (χ3n) is 2.65. The van der Waals surface area contributed by atoms with Crippen molar-refractivity contribution in [1.82, 2.24) is 4.72 Å². The van der Waals surface area contributed by atoms with E-state index >= 15 is 0 Å². The van der Waals surface area contributed by atoms with Crippen LogP contribution in [0.3, 0.4) is 0 Å². The van der Waals surface area contributed by atoms with Gasteiger partial charge < -0.3 is 5.11 Å². The van der Waals surface area contributed by atoms with Gasteiger partial charge in [0.1, 0.15) is 10.9 Å². The quantitative estimate of drug-likeness (QED) is 0.799. The Morgan fingerprint density at radius 1 is 1.40 bits per heavy atom. The van der Waals surface area contributed by atoms with Crippen molar-refractivity contribution in [1.29, 1.82) is 0 Å². The molecule has 1 aromatic rings. The normalized spacial score (nSPS) is 13.2. The largest absolute Gasteiger partial charge is 0.480 e. The fraction of sp³-hybridized carbons (Fsp3) is 0.417. The highest BCUT2D eigenvalue weighted by molar-refractivity contribution is 7.89. The molecule has 1 atom stereocenters. The molecule has 0 radical (unpaired) electrons. The van der Waals surface area contributed by atoms with Gasteiger partial charge in [-0.2, -0.15) is 4.72 Å². The molecular formula is C12H15Cl2NO4S. The van der Waals surface area contributed by atoms with Crippen LogP contribution in [0.15, 0.2) is 23.1 Å². The first kappa shape index (κ1) is 17.2. The topological polar surface area (TPSA) is 83.5 Å². The second-order valence-electron chi connectivity index (χ2n) is 4.21. The number of rotatable bonds is 7. The van der Waals surface area contributed by atoms with Crippen molar-refractivity contribution in [3.05, 3.63) is 28.2 Å². The predicted molar refractivity (Wildman–Crippen MR) is 77.7 cm³/mol. The lowest BCUT2D eigenvalue weighted by molar-refractivity contribution is -0.139. The lowest BCUT2D eigenvalue weighted by atomic mass is 10.1. The Balaban J connectivity index is 3.04. The van der Waals surface area contributed by atoms with Crippen LogP contribution >= 0.6 is 23.2 Å². The summed E-state index contributed by atoms with van der Waals surface area (Å²) in [6.07, 6.45) is 1.58. The Labute approximate surface area is 127 Å². The number of carboxylic acids is 1. The second-order valence-corrected chi connectivity index (χ2v) is 6.67. The van der Waals surface area contributed by atoms with E-state index in [1.54, 1.807) is 0 Å². The molecule has 0 unspecified atom stereocenters. The third-order valence-corrected chi connectivity index (χ3v) is 5.09. The Morgan fingerprint density at radius 3 is 2.60 bits per heavy atom. The number of halogens is 2. The number of unbranched alkanes of at least 4 members (excludes halogenated alkanes) is 1. The molecule has 0 saturated heterocycles. The molecule has 0 fully saturated rings. The van der Waals surface area contributed by atoms with Gasteiger partial charge in [-0.05, 0) is 18.6 Å². The van der Waals surface area contributed by atoms with E-state index in [1.165, 1.54) is 18.2 Å². The van der Waals surface area contributed by atoms with E-state index in [1.807, 2.05) is 6.92 Å². The van der Waals surface area contributed by atoms with Gasteiger partial charge in [-0.25, -0.2) is 8.42 Å². The molecule has 0 aliphatic rings.